The van der Waals surface area contributed by atoms with E-state index in [4.69, 9.17) is 4.74 Å². The van der Waals surface area contributed by atoms with Crippen molar-refractivity contribution in [1.29, 1.82) is 0 Å². The Kier molecular flexibility index (Phi) is 6.65. The van der Waals surface area contributed by atoms with Crippen LogP contribution in [0.1, 0.15) is 22.8 Å². The van der Waals surface area contributed by atoms with Gasteiger partial charge >= 0.3 is 6.03 Å². The van der Waals surface area contributed by atoms with Crippen molar-refractivity contribution in [2.75, 3.05) is 31.5 Å². The number of nitrogens with zero attached hydrogens (tertiary/aromatic N) is 3. The Balaban J connectivity index is 1.28. The van der Waals surface area contributed by atoms with Crippen molar-refractivity contribution in [1.82, 2.24) is 14.8 Å². The third-order valence-electron chi connectivity index (χ3n) is 5.39. The molecule has 1 N–H and O–H groups in total. The first kappa shape index (κ1) is 21.4. The first-order valence-corrected chi connectivity index (χ1v) is 10.8. The lowest BCUT2D eigenvalue weighted by Gasteiger charge is -2.34. The van der Waals surface area contributed by atoms with Crippen LogP contribution in [0.3, 0.4) is 0 Å². The van der Waals surface area contributed by atoms with Gasteiger partial charge in [0.15, 0.2) is 0 Å². The quantitative estimate of drug-likeness (QED) is 0.650. The molecule has 1 fully saturated rings. The number of aryl methyl sites for hydroxylation is 1. The zero-order chi connectivity index (χ0) is 22.3. The highest BCUT2D eigenvalue weighted by atomic mass is 16.5. The van der Waals surface area contributed by atoms with E-state index in [2.05, 4.69) is 23.3 Å². The number of hydrogen-bond donors (Lipinski definition) is 1. The van der Waals surface area contributed by atoms with Crippen molar-refractivity contribution in [3.8, 4) is 11.6 Å². The van der Waals surface area contributed by atoms with Crippen LogP contribution in [0.15, 0.2) is 72.9 Å². The number of piperazine rings is 1. The van der Waals surface area contributed by atoms with Crippen molar-refractivity contribution >= 4 is 17.6 Å². The fourth-order valence-corrected chi connectivity index (χ4v) is 3.54. The number of nitrogens with one attached hydrogen (secondary N) is 1. The molecule has 0 aliphatic carbocycles. The van der Waals surface area contributed by atoms with E-state index in [0.717, 1.165) is 12.2 Å². The molecule has 164 valence electrons. The Morgan fingerprint density at radius 1 is 0.938 bits per heavy atom. The van der Waals surface area contributed by atoms with Crippen LogP contribution in [0.2, 0.25) is 0 Å². The predicted molar refractivity (Wildman–Crippen MR) is 123 cm³/mol. The molecule has 0 bridgehead atoms. The van der Waals surface area contributed by atoms with Crippen LogP contribution < -0.4 is 10.1 Å². The van der Waals surface area contributed by atoms with Crippen molar-refractivity contribution in [2.45, 2.75) is 13.3 Å². The van der Waals surface area contributed by atoms with Crippen LogP contribution in [0.25, 0.3) is 0 Å². The number of benzene rings is 2. The number of ether oxygens (including phenoxy) is 1. The molecule has 1 aromatic heterocycles. The molecule has 0 unspecified atom stereocenters. The number of urea groups is 1. The van der Waals surface area contributed by atoms with Gasteiger partial charge < -0.3 is 19.9 Å². The molecule has 2 heterocycles. The number of rotatable bonds is 5. The number of pyridine rings is 1. The molecule has 32 heavy (non-hydrogen) atoms. The second-order valence-electron chi connectivity index (χ2n) is 7.56. The molecule has 1 aliphatic rings. The highest BCUT2D eigenvalue weighted by molar-refractivity contribution is 5.94. The van der Waals surface area contributed by atoms with Gasteiger partial charge in [0, 0.05) is 37.8 Å². The third kappa shape index (κ3) is 5.24. The SMILES string of the molecule is CCc1cccc(Oc2ccc(NC(=O)N3CCN(C(=O)c4ccccc4)CC3)cn2)c1. The molecule has 1 saturated heterocycles. The first-order chi connectivity index (χ1) is 15.6. The van der Waals surface area contributed by atoms with Gasteiger partial charge in [-0.3, -0.25) is 4.79 Å². The number of amides is 3. The zero-order valence-corrected chi connectivity index (χ0v) is 18.0. The van der Waals surface area contributed by atoms with Gasteiger partial charge in [0.2, 0.25) is 5.88 Å². The Bertz CT molecular complexity index is 1060. The normalized spacial score (nSPS) is 13.5. The van der Waals surface area contributed by atoms with Crippen LogP contribution in [-0.2, 0) is 6.42 Å². The van der Waals surface area contributed by atoms with Gasteiger partial charge in [0.25, 0.3) is 5.91 Å². The zero-order valence-electron chi connectivity index (χ0n) is 18.0. The highest BCUT2D eigenvalue weighted by Gasteiger charge is 2.24. The molecular formula is C25H26N4O3. The maximum Gasteiger partial charge on any atom is 0.322 e. The van der Waals surface area contributed by atoms with Crippen LogP contribution in [-0.4, -0.2) is 52.9 Å². The average Bonchev–Trinajstić information content (AvgIpc) is 2.85. The van der Waals surface area contributed by atoms with E-state index in [9.17, 15) is 9.59 Å². The molecule has 1 aliphatic heterocycles. The summed E-state index contributed by atoms with van der Waals surface area (Å²) in [7, 11) is 0. The summed E-state index contributed by atoms with van der Waals surface area (Å²) < 4.78 is 5.80. The standard InChI is InChI=1S/C25H26N4O3/c1-2-19-7-6-10-22(17-19)32-23-12-11-21(18-26-23)27-25(31)29-15-13-28(14-16-29)24(30)20-8-4-3-5-9-20/h3-12,17-18H,2,13-16H2,1H3,(H,27,31). The monoisotopic (exact) mass is 430 g/mol. The summed E-state index contributed by atoms with van der Waals surface area (Å²) in [5.74, 6) is 1.19. The molecule has 0 spiro atoms. The molecule has 7 nitrogen and oxygen atoms in total. The molecule has 2 aromatic carbocycles. The first-order valence-electron chi connectivity index (χ1n) is 10.8. The van der Waals surface area contributed by atoms with Gasteiger partial charge in [-0.15, -0.1) is 0 Å². The van der Waals surface area contributed by atoms with E-state index >= 15 is 0 Å². The molecular weight excluding hydrogens is 404 g/mol. The van der Waals surface area contributed by atoms with Crippen molar-refractivity contribution < 1.29 is 14.3 Å². The Morgan fingerprint density at radius 3 is 2.38 bits per heavy atom. The minimum atomic E-state index is -0.206. The molecule has 3 aromatic rings. The Morgan fingerprint density at radius 2 is 1.69 bits per heavy atom. The number of aromatic nitrogens is 1. The minimum absolute atomic E-state index is 0.00470. The lowest BCUT2D eigenvalue weighted by molar-refractivity contribution is 0.0671. The Labute approximate surface area is 187 Å². The smallest absolute Gasteiger partial charge is 0.322 e. The molecule has 0 radical (unpaired) electrons. The van der Waals surface area contributed by atoms with E-state index in [1.807, 2.05) is 48.5 Å². The molecule has 0 saturated carbocycles. The fourth-order valence-electron chi connectivity index (χ4n) is 3.54. The predicted octanol–water partition coefficient (Wildman–Crippen LogP) is 4.43. The van der Waals surface area contributed by atoms with E-state index < -0.39 is 0 Å². The second kappa shape index (κ2) is 9.96. The molecule has 3 amide bonds. The maximum atomic E-state index is 12.6. The maximum absolute atomic E-state index is 12.6. The van der Waals surface area contributed by atoms with Crippen LogP contribution in [0.5, 0.6) is 11.6 Å². The number of hydrogen-bond acceptors (Lipinski definition) is 4. The fraction of sp³-hybridized carbons (Fsp3) is 0.240. The van der Waals surface area contributed by atoms with Crippen molar-refractivity contribution in [3.63, 3.8) is 0 Å². The lowest BCUT2D eigenvalue weighted by atomic mass is 10.2. The van der Waals surface area contributed by atoms with Gasteiger partial charge in [-0.2, -0.15) is 0 Å². The Hall–Kier alpha value is -3.87. The van der Waals surface area contributed by atoms with Crippen LogP contribution in [0.4, 0.5) is 10.5 Å². The van der Waals surface area contributed by atoms with E-state index in [1.54, 1.807) is 28.1 Å². The van der Waals surface area contributed by atoms with Crippen molar-refractivity contribution in [3.05, 3.63) is 84.1 Å². The molecule has 0 atom stereocenters. The van der Waals surface area contributed by atoms with Gasteiger partial charge in [-0.25, -0.2) is 9.78 Å². The lowest BCUT2D eigenvalue weighted by Crippen LogP contribution is -2.51. The molecule has 4 rings (SSSR count). The van der Waals surface area contributed by atoms with Crippen LogP contribution in [0, 0.1) is 0 Å². The second-order valence-corrected chi connectivity index (χ2v) is 7.56. The topological polar surface area (TPSA) is 74.8 Å². The number of anilines is 1. The van der Waals surface area contributed by atoms with E-state index in [1.165, 1.54) is 5.56 Å². The summed E-state index contributed by atoms with van der Waals surface area (Å²) in [5.41, 5.74) is 2.45. The van der Waals surface area contributed by atoms with Crippen LogP contribution >= 0.6 is 0 Å². The number of carbonyl (C=O) groups excluding carboxylic acids is 2. The largest absolute Gasteiger partial charge is 0.439 e. The summed E-state index contributed by atoms with van der Waals surface area (Å²) in [6, 6.07) is 20.4. The summed E-state index contributed by atoms with van der Waals surface area (Å²) in [5, 5.41) is 2.86. The minimum Gasteiger partial charge on any atom is -0.439 e. The third-order valence-corrected chi connectivity index (χ3v) is 5.39. The van der Waals surface area contributed by atoms with Crippen molar-refractivity contribution in [2.24, 2.45) is 0 Å². The number of carbonyl (C=O) groups is 2. The molecule has 7 heteroatoms. The summed E-state index contributed by atoms with van der Waals surface area (Å²) in [4.78, 5) is 32.9. The van der Waals surface area contributed by atoms with Gasteiger partial charge in [-0.05, 0) is 42.3 Å². The van der Waals surface area contributed by atoms with E-state index in [-0.39, 0.29) is 11.9 Å². The highest BCUT2D eigenvalue weighted by Crippen LogP contribution is 2.22. The summed E-state index contributed by atoms with van der Waals surface area (Å²) in [6.45, 7) is 4.06. The van der Waals surface area contributed by atoms with E-state index in [0.29, 0.717) is 43.3 Å². The summed E-state index contributed by atoms with van der Waals surface area (Å²) in [6.07, 6.45) is 2.51. The summed E-state index contributed by atoms with van der Waals surface area (Å²) >= 11 is 0. The van der Waals surface area contributed by atoms with Gasteiger partial charge in [-0.1, -0.05) is 37.3 Å². The average molecular weight is 431 g/mol. The van der Waals surface area contributed by atoms with Gasteiger partial charge in [0.05, 0.1) is 11.9 Å². The van der Waals surface area contributed by atoms with Gasteiger partial charge in [0.1, 0.15) is 5.75 Å².